The van der Waals surface area contributed by atoms with Crippen molar-refractivity contribution >= 4 is 23.4 Å². The molecule has 0 bridgehead atoms. The molecule has 3 rings (SSSR count). The van der Waals surface area contributed by atoms with Crippen LogP contribution in [0, 0.1) is 5.92 Å². The van der Waals surface area contributed by atoms with Crippen LogP contribution in [0.3, 0.4) is 0 Å². The molecule has 154 valence electrons. The Labute approximate surface area is 176 Å². The van der Waals surface area contributed by atoms with Crippen LogP contribution in [0.15, 0.2) is 42.5 Å². The van der Waals surface area contributed by atoms with Crippen LogP contribution < -0.4 is 9.47 Å². The van der Waals surface area contributed by atoms with Gasteiger partial charge in [-0.05, 0) is 62.1 Å². The molecule has 0 spiro atoms. The lowest BCUT2D eigenvalue weighted by atomic mass is 9.98. The van der Waals surface area contributed by atoms with Gasteiger partial charge in [0.15, 0.2) is 11.5 Å². The maximum Gasteiger partial charge on any atom is 0.233 e. The van der Waals surface area contributed by atoms with Crippen LogP contribution in [0.25, 0.3) is 0 Å². The van der Waals surface area contributed by atoms with Crippen molar-refractivity contribution in [2.24, 2.45) is 5.92 Å². The van der Waals surface area contributed by atoms with Gasteiger partial charge in [0, 0.05) is 18.0 Å². The Kier molecular flexibility index (Phi) is 7.15. The first kappa shape index (κ1) is 21.2. The van der Waals surface area contributed by atoms with Gasteiger partial charge >= 0.3 is 0 Å². The van der Waals surface area contributed by atoms with Crippen molar-refractivity contribution in [3.05, 3.63) is 58.6 Å². The Morgan fingerprint density at radius 2 is 1.62 bits per heavy atom. The van der Waals surface area contributed by atoms with E-state index in [0.717, 1.165) is 11.1 Å². The molecule has 1 atom stereocenters. The van der Waals surface area contributed by atoms with Gasteiger partial charge in [0.05, 0.1) is 19.1 Å². The molecule has 0 saturated carbocycles. The Morgan fingerprint density at radius 3 is 2.31 bits per heavy atom. The van der Waals surface area contributed by atoms with Gasteiger partial charge in [-0.15, -0.1) is 0 Å². The minimum atomic E-state index is -0.303. The second-order valence-corrected chi connectivity index (χ2v) is 7.45. The fourth-order valence-electron chi connectivity index (χ4n) is 3.54. The summed E-state index contributed by atoms with van der Waals surface area (Å²) in [5.41, 5.74) is 2.01. The van der Waals surface area contributed by atoms with E-state index in [9.17, 15) is 9.59 Å². The highest BCUT2D eigenvalue weighted by atomic mass is 35.5. The van der Waals surface area contributed by atoms with Crippen LogP contribution in [-0.4, -0.2) is 36.5 Å². The zero-order valence-electron chi connectivity index (χ0n) is 16.8. The Hall–Kier alpha value is -2.53. The third kappa shape index (κ3) is 5.30. The molecule has 29 heavy (non-hydrogen) atoms. The number of hydrogen-bond acceptors (Lipinski definition) is 4. The van der Waals surface area contributed by atoms with E-state index in [4.69, 9.17) is 21.1 Å². The van der Waals surface area contributed by atoms with Crippen molar-refractivity contribution in [1.82, 2.24) is 4.90 Å². The molecule has 1 fully saturated rings. The van der Waals surface area contributed by atoms with Crippen molar-refractivity contribution in [3.63, 3.8) is 0 Å². The summed E-state index contributed by atoms with van der Waals surface area (Å²) in [6.07, 6.45) is 1.39. The molecule has 2 aromatic carbocycles. The van der Waals surface area contributed by atoms with Gasteiger partial charge in [0.2, 0.25) is 11.8 Å². The third-order valence-electron chi connectivity index (χ3n) is 4.96. The number of halogens is 1. The SMILES string of the molecule is CCOc1ccc(CCN2C(=O)C[C@@H](Cc3ccc(Cl)cc3)C2=O)cc1OCC. The number of ether oxygens (including phenoxy) is 2. The first-order valence-corrected chi connectivity index (χ1v) is 10.4. The van der Waals surface area contributed by atoms with E-state index in [1.165, 1.54) is 4.90 Å². The third-order valence-corrected chi connectivity index (χ3v) is 5.22. The molecule has 2 aromatic rings. The van der Waals surface area contributed by atoms with E-state index in [-0.39, 0.29) is 24.2 Å². The van der Waals surface area contributed by atoms with Crippen molar-refractivity contribution in [2.45, 2.75) is 33.1 Å². The van der Waals surface area contributed by atoms with Crippen molar-refractivity contribution < 1.29 is 19.1 Å². The molecule has 0 radical (unpaired) electrons. The molecular weight excluding hydrogens is 390 g/mol. The predicted molar refractivity (Wildman–Crippen MR) is 112 cm³/mol. The molecular formula is C23H26ClNO4. The van der Waals surface area contributed by atoms with Crippen LogP contribution in [0.5, 0.6) is 11.5 Å². The summed E-state index contributed by atoms with van der Waals surface area (Å²) in [6, 6.07) is 13.2. The highest BCUT2D eigenvalue weighted by molar-refractivity contribution is 6.30. The van der Waals surface area contributed by atoms with E-state index in [2.05, 4.69) is 0 Å². The van der Waals surface area contributed by atoms with Gasteiger partial charge < -0.3 is 9.47 Å². The Bertz CT molecular complexity index is 866. The Morgan fingerprint density at radius 1 is 0.966 bits per heavy atom. The number of amides is 2. The van der Waals surface area contributed by atoms with Gasteiger partial charge in [-0.1, -0.05) is 29.8 Å². The maximum atomic E-state index is 12.8. The van der Waals surface area contributed by atoms with Crippen LogP contribution in [0.2, 0.25) is 5.02 Å². The van der Waals surface area contributed by atoms with Crippen molar-refractivity contribution in [1.29, 1.82) is 0 Å². The van der Waals surface area contributed by atoms with Crippen LogP contribution in [0.4, 0.5) is 0 Å². The fraction of sp³-hybridized carbons (Fsp3) is 0.391. The van der Waals surface area contributed by atoms with Gasteiger partial charge in [0.1, 0.15) is 0 Å². The number of nitrogens with zero attached hydrogens (tertiary/aromatic N) is 1. The normalized spacial score (nSPS) is 16.4. The van der Waals surface area contributed by atoms with Gasteiger partial charge in [-0.2, -0.15) is 0 Å². The first-order chi connectivity index (χ1) is 14.0. The van der Waals surface area contributed by atoms with Crippen molar-refractivity contribution in [3.8, 4) is 11.5 Å². The molecule has 1 aliphatic heterocycles. The number of imide groups is 1. The molecule has 0 aliphatic carbocycles. The van der Waals surface area contributed by atoms with E-state index in [1.54, 1.807) is 12.1 Å². The van der Waals surface area contributed by atoms with E-state index >= 15 is 0 Å². The Balaban J connectivity index is 1.63. The summed E-state index contributed by atoms with van der Waals surface area (Å²) >= 11 is 5.91. The summed E-state index contributed by atoms with van der Waals surface area (Å²) < 4.78 is 11.2. The molecule has 2 amide bonds. The summed E-state index contributed by atoms with van der Waals surface area (Å²) in [5.74, 6) is 0.884. The van der Waals surface area contributed by atoms with Gasteiger partial charge in [0.25, 0.3) is 0 Å². The van der Waals surface area contributed by atoms with Crippen LogP contribution >= 0.6 is 11.6 Å². The number of carbonyl (C=O) groups excluding carboxylic acids is 2. The molecule has 6 heteroatoms. The standard InChI is InChI=1S/C23H26ClNO4/c1-3-28-20-10-7-17(14-21(20)29-4-2)11-12-25-22(26)15-18(23(25)27)13-16-5-8-19(24)9-6-16/h5-10,14,18H,3-4,11-13,15H2,1-2H3/t18-/m1/s1. The average molecular weight is 416 g/mol. The monoisotopic (exact) mass is 415 g/mol. The molecule has 1 heterocycles. The summed E-state index contributed by atoms with van der Waals surface area (Å²) in [6.45, 7) is 5.32. The van der Waals surface area contributed by atoms with Crippen molar-refractivity contribution in [2.75, 3.05) is 19.8 Å². The summed E-state index contributed by atoms with van der Waals surface area (Å²) in [5, 5.41) is 0.658. The minimum Gasteiger partial charge on any atom is -0.490 e. The number of carbonyl (C=O) groups is 2. The zero-order chi connectivity index (χ0) is 20.8. The number of rotatable bonds is 9. The largest absolute Gasteiger partial charge is 0.490 e. The molecule has 1 saturated heterocycles. The van der Waals surface area contributed by atoms with E-state index in [0.29, 0.717) is 49.1 Å². The average Bonchev–Trinajstić information content (AvgIpc) is 2.97. The molecule has 1 aliphatic rings. The second kappa shape index (κ2) is 9.79. The van der Waals surface area contributed by atoms with Gasteiger partial charge in [-0.25, -0.2) is 0 Å². The molecule has 0 unspecified atom stereocenters. The lowest BCUT2D eigenvalue weighted by Crippen LogP contribution is -2.33. The lowest BCUT2D eigenvalue weighted by Gasteiger charge is -2.16. The second-order valence-electron chi connectivity index (χ2n) is 7.01. The zero-order valence-corrected chi connectivity index (χ0v) is 17.6. The molecule has 0 N–H and O–H groups in total. The highest BCUT2D eigenvalue weighted by Gasteiger charge is 2.37. The quantitative estimate of drug-likeness (QED) is 0.573. The minimum absolute atomic E-state index is 0.0964. The topological polar surface area (TPSA) is 55.8 Å². The molecule has 5 nitrogen and oxygen atoms in total. The smallest absolute Gasteiger partial charge is 0.233 e. The fourth-order valence-corrected chi connectivity index (χ4v) is 3.67. The predicted octanol–water partition coefficient (Wildman–Crippen LogP) is 4.30. The van der Waals surface area contributed by atoms with Crippen LogP contribution in [-0.2, 0) is 22.4 Å². The van der Waals surface area contributed by atoms with E-state index in [1.807, 2.05) is 44.2 Å². The number of benzene rings is 2. The lowest BCUT2D eigenvalue weighted by molar-refractivity contribution is -0.139. The number of likely N-dealkylation sites (tertiary alicyclic amines) is 1. The van der Waals surface area contributed by atoms with Crippen LogP contribution in [0.1, 0.15) is 31.4 Å². The number of hydrogen-bond donors (Lipinski definition) is 0. The maximum absolute atomic E-state index is 12.8. The molecule has 0 aromatic heterocycles. The van der Waals surface area contributed by atoms with Gasteiger partial charge in [-0.3, -0.25) is 14.5 Å². The highest BCUT2D eigenvalue weighted by Crippen LogP contribution is 2.29. The first-order valence-electron chi connectivity index (χ1n) is 9.99. The summed E-state index contributed by atoms with van der Waals surface area (Å²) in [7, 11) is 0. The summed E-state index contributed by atoms with van der Waals surface area (Å²) in [4.78, 5) is 26.5. The van der Waals surface area contributed by atoms with E-state index < -0.39 is 0 Å².